The number of allylic oxidation sites excluding steroid dienone is 1. The van der Waals surface area contributed by atoms with E-state index in [4.69, 9.17) is 11.6 Å². The number of anilines is 1. The van der Waals surface area contributed by atoms with Crippen molar-refractivity contribution in [3.05, 3.63) is 94.4 Å². The summed E-state index contributed by atoms with van der Waals surface area (Å²) in [5.74, 6) is -2.19. The number of hydrogen-bond acceptors (Lipinski definition) is 4. The van der Waals surface area contributed by atoms with Crippen molar-refractivity contribution in [3.8, 4) is 0 Å². The standard InChI is InChI=1S/C26H29ClF2N4O/c1-6-12-30-25(34)19-9-8-18(14-16(19)3)31-17(4)26-32(5)15-22(33(26)13-7-2)20-10-11-21(27)24(29)23(20)28/h7-11,13-15,26,31H,4,6,12H2,1-3,5H3,(H,30,34)/b13-7-. The summed E-state index contributed by atoms with van der Waals surface area (Å²) in [6.45, 7) is 10.5. The Bertz CT molecular complexity index is 1160. The van der Waals surface area contributed by atoms with Crippen LogP contribution in [0.1, 0.15) is 41.8 Å². The Hall–Kier alpha value is -3.32. The van der Waals surface area contributed by atoms with E-state index in [1.54, 1.807) is 23.4 Å². The molecule has 1 atom stereocenters. The third-order valence-electron chi connectivity index (χ3n) is 5.50. The van der Waals surface area contributed by atoms with Crippen LogP contribution < -0.4 is 10.6 Å². The van der Waals surface area contributed by atoms with Gasteiger partial charge in [0.05, 0.1) is 16.4 Å². The summed E-state index contributed by atoms with van der Waals surface area (Å²) in [5.41, 5.74) is 3.39. The molecule has 0 saturated carbocycles. The summed E-state index contributed by atoms with van der Waals surface area (Å²) in [6.07, 6.45) is 5.79. The number of aryl methyl sites for hydroxylation is 1. The van der Waals surface area contributed by atoms with E-state index in [-0.39, 0.29) is 16.5 Å². The van der Waals surface area contributed by atoms with Gasteiger partial charge in [-0.05, 0) is 56.2 Å². The largest absolute Gasteiger partial charge is 0.356 e. The predicted octanol–water partition coefficient (Wildman–Crippen LogP) is 6.10. The summed E-state index contributed by atoms with van der Waals surface area (Å²) in [5, 5.41) is 5.91. The van der Waals surface area contributed by atoms with Crippen LogP contribution in [-0.4, -0.2) is 35.5 Å². The number of amides is 1. The molecule has 0 bridgehead atoms. The first kappa shape index (κ1) is 25.3. The summed E-state index contributed by atoms with van der Waals surface area (Å²) >= 11 is 5.73. The minimum Gasteiger partial charge on any atom is -0.356 e. The van der Waals surface area contributed by atoms with E-state index >= 15 is 0 Å². The van der Waals surface area contributed by atoms with Crippen LogP contribution in [0.3, 0.4) is 0 Å². The van der Waals surface area contributed by atoms with Gasteiger partial charge in [-0.25, -0.2) is 8.78 Å². The van der Waals surface area contributed by atoms with Crippen molar-refractivity contribution in [1.82, 2.24) is 15.1 Å². The smallest absolute Gasteiger partial charge is 0.251 e. The maximum atomic E-state index is 14.7. The van der Waals surface area contributed by atoms with Gasteiger partial charge in [0.15, 0.2) is 11.6 Å². The summed E-state index contributed by atoms with van der Waals surface area (Å²) < 4.78 is 28.9. The maximum absolute atomic E-state index is 14.7. The highest BCUT2D eigenvalue weighted by atomic mass is 35.5. The van der Waals surface area contributed by atoms with E-state index in [1.165, 1.54) is 12.1 Å². The van der Waals surface area contributed by atoms with Gasteiger partial charge in [0, 0.05) is 42.8 Å². The Morgan fingerprint density at radius 1 is 1.24 bits per heavy atom. The lowest BCUT2D eigenvalue weighted by molar-refractivity contribution is 0.0953. The molecule has 34 heavy (non-hydrogen) atoms. The van der Waals surface area contributed by atoms with Gasteiger partial charge in [-0.2, -0.15) is 0 Å². The van der Waals surface area contributed by atoms with Crippen LogP contribution in [0.4, 0.5) is 14.5 Å². The molecule has 1 aliphatic rings. The number of carbonyl (C=O) groups excluding carboxylic acids is 1. The first-order valence-corrected chi connectivity index (χ1v) is 11.4. The predicted molar refractivity (Wildman–Crippen MR) is 134 cm³/mol. The van der Waals surface area contributed by atoms with E-state index in [2.05, 4.69) is 17.2 Å². The Kier molecular flexibility index (Phi) is 7.99. The van der Waals surface area contributed by atoms with Gasteiger partial charge in [0.25, 0.3) is 5.91 Å². The van der Waals surface area contributed by atoms with E-state index in [9.17, 15) is 13.6 Å². The molecule has 0 saturated heterocycles. The SMILES string of the molecule is C=C(Nc1ccc(C(=O)NCCC)c(C)c1)C1N(C)C=C(c2ccc(Cl)c(F)c2F)N1/C=C\C. The molecule has 0 aliphatic carbocycles. The molecule has 1 unspecified atom stereocenters. The highest BCUT2D eigenvalue weighted by Crippen LogP contribution is 2.36. The zero-order valence-electron chi connectivity index (χ0n) is 19.8. The zero-order valence-corrected chi connectivity index (χ0v) is 20.5. The zero-order chi connectivity index (χ0) is 25.0. The second-order valence-corrected chi connectivity index (χ2v) is 8.51. The van der Waals surface area contributed by atoms with Gasteiger partial charge < -0.3 is 20.4 Å². The molecule has 1 heterocycles. The first-order chi connectivity index (χ1) is 16.2. The number of hydrogen-bond donors (Lipinski definition) is 2. The Morgan fingerprint density at radius 3 is 2.62 bits per heavy atom. The molecule has 2 N–H and O–H groups in total. The van der Waals surface area contributed by atoms with Crippen molar-refractivity contribution >= 4 is 28.9 Å². The normalized spacial score (nSPS) is 15.6. The second-order valence-electron chi connectivity index (χ2n) is 8.10. The maximum Gasteiger partial charge on any atom is 0.251 e. The van der Waals surface area contributed by atoms with Crippen molar-refractivity contribution in [2.75, 3.05) is 18.9 Å². The number of carbonyl (C=O) groups is 1. The molecule has 2 aromatic carbocycles. The molecule has 0 aromatic heterocycles. The van der Waals surface area contributed by atoms with E-state index < -0.39 is 17.8 Å². The fraction of sp³-hybridized carbons (Fsp3) is 0.269. The minimum atomic E-state index is -1.08. The molecular weight excluding hydrogens is 458 g/mol. The van der Waals surface area contributed by atoms with E-state index in [0.717, 1.165) is 17.7 Å². The quantitative estimate of drug-likeness (QED) is 0.443. The number of likely N-dealkylation sites (N-methyl/N-ethyl adjacent to an activating group) is 1. The highest BCUT2D eigenvalue weighted by molar-refractivity contribution is 6.30. The van der Waals surface area contributed by atoms with Crippen molar-refractivity contribution in [3.63, 3.8) is 0 Å². The molecule has 180 valence electrons. The molecule has 2 aromatic rings. The number of halogens is 3. The lowest BCUT2D eigenvalue weighted by Gasteiger charge is -2.32. The van der Waals surface area contributed by atoms with Crippen LogP contribution in [0.25, 0.3) is 5.70 Å². The first-order valence-electron chi connectivity index (χ1n) is 11.0. The van der Waals surface area contributed by atoms with Crippen molar-refractivity contribution in [2.45, 2.75) is 33.4 Å². The molecule has 0 radical (unpaired) electrons. The van der Waals surface area contributed by atoms with Gasteiger partial charge in [-0.15, -0.1) is 0 Å². The summed E-state index contributed by atoms with van der Waals surface area (Å²) in [4.78, 5) is 16.0. The number of rotatable bonds is 8. The lowest BCUT2D eigenvalue weighted by atomic mass is 10.1. The fourth-order valence-corrected chi connectivity index (χ4v) is 4.05. The van der Waals surface area contributed by atoms with Crippen LogP contribution in [0.15, 0.2) is 61.1 Å². The molecule has 1 aliphatic heterocycles. The van der Waals surface area contributed by atoms with Gasteiger partial charge in [0.1, 0.15) is 6.17 Å². The summed E-state index contributed by atoms with van der Waals surface area (Å²) in [7, 11) is 1.83. The number of nitrogens with one attached hydrogen (secondary N) is 2. The Balaban J connectivity index is 1.84. The molecule has 5 nitrogen and oxygen atoms in total. The van der Waals surface area contributed by atoms with Gasteiger partial charge in [0.2, 0.25) is 0 Å². The van der Waals surface area contributed by atoms with Gasteiger partial charge in [-0.3, -0.25) is 4.79 Å². The average molecular weight is 487 g/mol. The van der Waals surface area contributed by atoms with E-state index in [1.807, 2.05) is 50.9 Å². The molecule has 8 heteroatoms. The van der Waals surface area contributed by atoms with Crippen LogP contribution in [0.5, 0.6) is 0 Å². The van der Waals surface area contributed by atoms with Crippen LogP contribution in [0.2, 0.25) is 5.02 Å². The second kappa shape index (κ2) is 10.7. The fourth-order valence-electron chi connectivity index (χ4n) is 3.91. The lowest BCUT2D eigenvalue weighted by Crippen LogP contribution is -2.38. The highest BCUT2D eigenvalue weighted by Gasteiger charge is 2.33. The molecule has 0 fully saturated rings. The third kappa shape index (κ3) is 5.09. The van der Waals surface area contributed by atoms with Crippen LogP contribution in [0, 0.1) is 18.6 Å². The molecular formula is C26H29ClF2N4O. The van der Waals surface area contributed by atoms with Crippen LogP contribution >= 0.6 is 11.6 Å². The Labute approximate surface area is 204 Å². The molecule has 3 rings (SSSR count). The van der Waals surface area contributed by atoms with Crippen molar-refractivity contribution in [2.24, 2.45) is 0 Å². The van der Waals surface area contributed by atoms with Crippen molar-refractivity contribution in [1.29, 1.82) is 0 Å². The molecule has 0 spiro atoms. The van der Waals surface area contributed by atoms with Crippen LogP contribution in [-0.2, 0) is 0 Å². The van der Waals surface area contributed by atoms with E-state index in [0.29, 0.717) is 23.5 Å². The van der Waals surface area contributed by atoms with Gasteiger partial charge >= 0.3 is 0 Å². The van der Waals surface area contributed by atoms with Crippen molar-refractivity contribution < 1.29 is 13.6 Å². The number of nitrogens with zero attached hydrogens (tertiary/aromatic N) is 2. The number of benzene rings is 2. The third-order valence-corrected chi connectivity index (χ3v) is 5.79. The Morgan fingerprint density at radius 2 is 1.97 bits per heavy atom. The molecule has 1 amide bonds. The minimum absolute atomic E-state index is 0.0976. The van der Waals surface area contributed by atoms with Gasteiger partial charge in [-0.1, -0.05) is 31.2 Å². The summed E-state index contributed by atoms with van der Waals surface area (Å²) in [6, 6.07) is 8.26. The topological polar surface area (TPSA) is 47.6 Å². The monoisotopic (exact) mass is 486 g/mol. The average Bonchev–Trinajstić information content (AvgIpc) is 3.12.